The van der Waals surface area contributed by atoms with Gasteiger partial charge in [-0.3, -0.25) is 4.79 Å². The van der Waals surface area contributed by atoms with Crippen LogP contribution in [0.15, 0.2) is 35.4 Å². The maximum atomic E-state index is 15.8. The summed E-state index contributed by atoms with van der Waals surface area (Å²) >= 11 is 0. The zero-order valence-corrected chi connectivity index (χ0v) is 25.8. The molecule has 0 radical (unpaired) electrons. The van der Waals surface area contributed by atoms with E-state index >= 15 is 4.39 Å². The Morgan fingerprint density at radius 1 is 1.07 bits per heavy atom. The second-order valence-corrected chi connectivity index (χ2v) is 10.5. The molecule has 1 saturated carbocycles. The second-order valence-electron chi connectivity index (χ2n) is 10.5. The molecule has 236 valence electrons. The molecular formula is C32H33ClFN5O6. The minimum Gasteiger partial charge on any atom is -0.493 e. The highest BCUT2D eigenvalue weighted by atomic mass is 35.5. The van der Waals surface area contributed by atoms with Crippen LogP contribution in [0.2, 0.25) is 0 Å². The number of hydrogen-bond acceptors (Lipinski definition) is 9. The van der Waals surface area contributed by atoms with Crippen LogP contribution in [0.4, 0.5) is 16.2 Å². The standard InChI is InChI=1S/C32H32FN5O6.ClH/c1-42-25-13-17(12-19-15-36-32(35)37-30(19)34)11-18(28(25)43-2)9-10-21-24(33)14-22-26(29(21)44-3)38(20-7-5-4-6-8-20)16-23(27(22)39)31(40)41;/h11,13-16,20H,4-8,12H2,1-3H3,(H,40,41)(H4,34,35,36,37);1H. The number of pyridine rings is 1. The molecule has 1 fully saturated rings. The van der Waals surface area contributed by atoms with Gasteiger partial charge in [0.25, 0.3) is 0 Å². The van der Waals surface area contributed by atoms with Crippen molar-refractivity contribution in [2.75, 3.05) is 32.8 Å². The Kier molecular flexibility index (Phi) is 10.0. The van der Waals surface area contributed by atoms with Crippen LogP contribution in [0.1, 0.15) is 70.8 Å². The molecule has 1 aliphatic carbocycles. The van der Waals surface area contributed by atoms with Gasteiger partial charge in [0.1, 0.15) is 22.8 Å². The third-order valence-electron chi connectivity index (χ3n) is 7.80. The number of nitrogens with zero attached hydrogens (tertiary/aromatic N) is 3. The number of anilines is 2. The van der Waals surface area contributed by atoms with Crippen LogP contribution >= 0.6 is 12.4 Å². The van der Waals surface area contributed by atoms with Crippen LogP contribution < -0.4 is 31.1 Å². The lowest BCUT2D eigenvalue weighted by Gasteiger charge is -2.27. The van der Waals surface area contributed by atoms with E-state index < -0.39 is 22.8 Å². The summed E-state index contributed by atoms with van der Waals surface area (Å²) in [4.78, 5) is 33.2. The first-order chi connectivity index (χ1) is 21.2. The van der Waals surface area contributed by atoms with E-state index in [-0.39, 0.29) is 46.9 Å². The highest BCUT2D eigenvalue weighted by molar-refractivity contribution is 5.95. The molecule has 4 aromatic rings. The number of ether oxygens (including phenoxy) is 3. The van der Waals surface area contributed by atoms with Crippen molar-refractivity contribution in [2.24, 2.45) is 0 Å². The molecule has 45 heavy (non-hydrogen) atoms. The van der Waals surface area contributed by atoms with E-state index in [0.717, 1.165) is 43.7 Å². The van der Waals surface area contributed by atoms with Crippen molar-refractivity contribution in [3.63, 3.8) is 0 Å². The van der Waals surface area contributed by atoms with Crippen LogP contribution in [0, 0.1) is 17.7 Å². The monoisotopic (exact) mass is 637 g/mol. The number of rotatable bonds is 7. The SMILES string of the molecule is COc1cc(Cc2cnc(N)nc2N)cc(C#Cc2c(F)cc3c(=O)c(C(=O)O)cn(C4CCCCC4)c3c2OC)c1OC.Cl. The minimum absolute atomic E-state index is 0. The Morgan fingerprint density at radius 2 is 1.78 bits per heavy atom. The molecule has 0 atom stereocenters. The fraction of sp³-hybridized carbons (Fsp3) is 0.312. The summed E-state index contributed by atoms with van der Waals surface area (Å²) in [5, 5.41) is 9.66. The number of aromatic nitrogens is 3. The molecule has 5 N–H and O–H groups in total. The summed E-state index contributed by atoms with van der Waals surface area (Å²) in [6.07, 6.45) is 7.73. The van der Waals surface area contributed by atoms with Gasteiger partial charge in [0.2, 0.25) is 11.4 Å². The van der Waals surface area contributed by atoms with Gasteiger partial charge in [-0.15, -0.1) is 12.4 Å². The van der Waals surface area contributed by atoms with Gasteiger partial charge in [-0.2, -0.15) is 4.98 Å². The molecule has 0 unspecified atom stereocenters. The second kappa shape index (κ2) is 13.7. The van der Waals surface area contributed by atoms with Crippen molar-refractivity contribution in [1.82, 2.24) is 14.5 Å². The molecule has 1 aliphatic rings. The molecule has 5 rings (SSSR count). The molecule has 2 aromatic heterocycles. The molecule has 2 aromatic carbocycles. The predicted octanol–water partition coefficient (Wildman–Crippen LogP) is 4.74. The number of benzene rings is 2. The fourth-order valence-corrected chi connectivity index (χ4v) is 5.70. The first kappa shape index (κ1) is 32.9. The number of carboxylic acid groups (broad SMARTS) is 1. The van der Waals surface area contributed by atoms with Crippen molar-refractivity contribution >= 4 is 41.0 Å². The summed E-state index contributed by atoms with van der Waals surface area (Å²) in [7, 11) is 4.32. The first-order valence-electron chi connectivity index (χ1n) is 14.0. The van der Waals surface area contributed by atoms with Gasteiger partial charge >= 0.3 is 5.97 Å². The van der Waals surface area contributed by atoms with E-state index in [1.807, 2.05) is 0 Å². The third kappa shape index (κ3) is 6.44. The van der Waals surface area contributed by atoms with Gasteiger partial charge in [0.15, 0.2) is 17.2 Å². The van der Waals surface area contributed by atoms with E-state index in [2.05, 4.69) is 21.8 Å². The lowest BCUT2D eigenvalue weighted by atomic mass is 9.94. The number of hydrogen-bond donors (Lipinski definition) is 3. The lowest BCUT2D eigenvalue weighted by Crippen LogP contribution is -2.23. The molecule has 13 heteroatoms. The average Bonchev–Trinajstić information content (AvgIpc) is 3.01. The average molecular weight is 638 g/mol. The van der Waals surface area contributed by atoms with E-state index in [1.165, 1.54) is 33.7 Å². The Labute approximate surface area is 264 Å². The van der Waals surface area contributed by atoms with Crippen LogP contribution in [-0.2, 0) is 6.42 Å². The number of fused-ring (bicyclic) bond motifs is 1. The Bertz CT molecular complexity index is 1900. The van der Waals surface area contributed by atoms with Gasteiger partial charge in [-0.05, 0) is 36.6 Å². The summed E-state index contributed by atoms with van der Waals surface area (Å²) in [5.74, 6) is 4.72. The summed E-state index contributed by atoms with van der Waals surface area (Å²) in [6, 6.07) is 4.47. The highest BCUT2D eigenvalue weighted by Crippen LogP contribution is 2.37. The van der Waals surface area contributed by atoms with Gasteiger partial charge in [0.05, 0.1) is 37.8 Å². The normalized spacial score (nSPS) is 13.0. The Balaban J connectivity index is 0.00000461. The van der Waals surface area contributed by atoms with Gasteiger partial charge in [-0.25, -0.2) is 14.2 Å². The quantitative estimate of drug-likeness (QED) is 0.241. The smallest absolute Gasteiger partial charge is 0.341 e. The number of carboxylic acids is 1. The Morgan fingerprint density at radius 3 is 2.40 bits per heavy atom. The predicted molar refractivity (Wildman–Crippen MR) is 170 cm³/mol. The van der Waals surface area contributed by atoms with Gasteiger partial charge in [-0.1, -0.05) is 31.1 Å². The first-order valence-corrected chi connectivity index (χ1v) is 14.0. The van der Waals surface area contributed by atoms with E-state index in [1.54, 1.807) is 16.7 Å². The van der Waals surface area contributed by atoms with E-state index in [9.17, 15) is 14.7 Å². The summed E-state index contributed by atoms with van der Waals surface area (Å²) in [6.45, 7) is 0. The third-order valence-corrected chi connectivity index (χ3v) is 7.80. The largest absolute Gasteiger partial charge is 0.493 e. The maximum absolute atomic E-state index is 15.8. The number of nitrogen functional groups attached to an aromatic ring is 2. The number of methoxy groups -OCH3 is 3. The molecule has 0 saturated heterocycles. The Hall–Kier alpha value is -5.02. The molecule has 0 aliphatic heterocycles. The number of halogens is 2. The van der Waals surface area contributed by atoms with Crippen LogP contribution in [0.5, 0.6) is 17.2 Å². The van der Waals surface area contributed by atoms with Crippen molar-refractivity contribution in [3.05, 3.63) is 74.5 Å². The molecule has 0 bridgehead atoms. The summed E-state index contributed by atoms with van der Waals surface area (Å²) < 4.78 is 34.3. The van der Waals surface area contributed by atoms with Crippen molar-refractivity contribution < 1.29 is 28.5 Å². The fourth-order valence-electron chi connectivity index (χ4n) is 5.70. The summed E-state index contributed by atoms with van der Waals surface area (Å²) in [5.41, 5.74) is 12.4. The minimum atomic E-state index is -1.38. The van der Waals surface area contributed by atoms with Crippen molar-refractivity contribution in [1.29, 1.82) is 0 Å². The lowest BCUT2D eigenvalue weighted by molar-refractivity contribution is 0.0694. The van der Waals surface area contributed by atoms with Gasteiger partial charge in [0, 0.05) is 30.4 Å². The number of aromatic carboxylic acids is 1. The zero-order valence-electron chi connectivity index (χ0n) is 25.0. The molecule has 0 amide bonds. The topological polar surface area (TPSA) is 165 Å². The zero-order chi connectivity index (χ0) is 31.5. The van der Waals surface area contributed by atoms with Crippen LogP contribution in [0.3, 0.4) is 0 Å². The van der Waals surface area contributed by atoms with Crippen molar-refractivity contribution in [3.8, 4) is 29.1 Å². The number of nitrogens with two attached hydrogens (primary N) is 2. The molecule has 0 spiro atoms. The van der Waals surface area contributed by atoms with Crippen LogP contribution in [-0.4, -0.2) is 46.9 Å². The van der Waals surface area contributed by atoms with Crippen LogP contribution in [0.25, 0.3) is 10.9 Å². The molecular weight excluding hydrogens is 605 g/mol. The molecule has 11 nitrogen and oxygen atoms in total. The highest BCUT2D eigenvalue weighted by Gasteiger charge is 2.26. The maximum Gasteiger partial charge on any atom is 0.341 e. The van der Waals surface area contributed by atoms with Gasteiger partial charge < -0.3 is 35.4 Å². The van der Waals surface area contributed by atoms with Crippen molar-refractivity contribution in [2.45, 2.75) is 44.6 Å². The van der Waals surface area contributed by atoms with E-state index in [4.69, 9.17) is 25.7 Å². The number of carbonyl (C=O) groups is 1. The van der Waals surface area contributed by atoms with E-state index in [0.29, 0.717) is 34.6 Å². The molecule has 2 heterocycles.